The van der Waals surface area contributed by atoms with Crippen LogP contribution in [0.2, 0.25) is 0 Å². The highest BCUT2D eigenvalue weighted by molar-refractivity contribution is 5.94. The molecule has 3 rings (SSSR count). The lowest BCUT2D eigenvalue weighted by molar-refractivity contribution is 0.0951. The Morgan fingerprint density at radius 3 is 2.38 bits per heavy atom. The smallest absolute Gasteiger partial charge is 0.251 e. The minimum atomic E-state index is -0.0556. The Morgan fingerprint density at radius 2 is 1.73 bits per heavy atom. The molecule has 0 bridgehead atoms. The number of nitrogens with two attached hydrogens (primary N) is 1. The van der Waals surface area contributed by atoms with E-state index in [9.17, 15) is 4.79 Å². The quantitative estimate of drug-likeness (QED) is 0.839. The zero-order chi connectivity index (χ0) is 18.4. The molecule has 26 heavy (non-hydrogen) atoms. The third-order valence-corrected chi connectivity index (χ3v) is 5.08. The number of amides is 1. The van der Waals surface area contributed by atoms with E-state index in [0.717, 1.165) is 23.6 Å². The molecule has 4 heteroatoms. The summed E-state index contributed by atoms with van der Waals surface area (Å²) in [6, 6.07) is 16.0. The normalized spacial score (nSPS) is 17.8. The van der Waals surface area contributed by atoms with Crippen molar-refractivity contribution in [2.75, 3.05) is 13.1 Å². The van der Waals surface area contributed by atoms with Crippen LogP contribution >= 0.6 is 0 Å². The van der Waals surface area contributed by atoms with Crippen LogP contribution in [-0.2, 0) is 19.6 Å². The molecule has 1 atom stereocenters. The van der Waals surface area contributed by atoms with Crippen molar-refractivity contribution in [2.45, 2.75) is 39.4 Å². The summed E-state index contributed by atoms with van der Waals surface area (Å²) in [5, 5.41) is 2.98. The topological polar surface area (TPSA) is 58.4 Å². The van der Waals surface area contributed by atoms with Crippen LogP contribution in [0.1, 0.15) is 46.8 Å². The second kappa shape index (κ2) is 8.97. The number of nitrogens with one attached hydrogen (secondary N) is 1. The number of piperidine rings is 1. The number of hydrogen-bond acceptors (Lipinski definition) is 3. The maximum absolute atomic E-state index is 12.2. The predicted molar refractivity (Wildman–Crippen MR) is 106 cm³/mol. The molecule has 0 spiro atoms. The number of carbonyl (C=O) groups excluding carboxylic acids is 1. The summed E-state index contributed by atoms with van der Waals surface area (Å²) in [5.74, 6) is 0.747. The number of carbonyl (C=O) groups is 1. The number of nitrogens with zero attached hydrogens (tertiary/aromatic N) is 1. The van der Waals surface area contributed by atoms with E-state index in [-0.39, 0.29) is 5.91 Å². The Morgan fingerprint density at radius 1 is 1.08 bits per heavy atom. The summed E-state index contributed by atoms with van der Waals surface area (Å²) >= 11 is 0. The molecule has 0 aromatic heterocycles. The largest absolute Gasteiger partial charge is 0.348 e. The molecule has 0 aliphatic carbocycles. The fraction of sp³-hybridized carbons (Fsp3) is 0.409. The van der Waals surface area contributed by atoms with Gasteiger partial charge in [0.25, 0.3) is 5.91 Å². The van der Waals surface area contributed by atoms with Crippen LogP contribution in [0.5, 0.6) is 0 Å². The van der Waals surface area contributed by atoms with E-state index in [1.165, 1.54) is 31.5 Å². The highest BCUT2D eigenvalue weighted by Gasteiger charge is 2.16. The second-order valence-electron chi connectivity index (χ2n) is 7.38. The summed E-state index contributed by atoms with van der Waals surface area (Å²) in [7, 11) is 0. The molecule has 1 aliphatic heterocycles. The first-order valence-electron chi connectivity index (χ1n) is 9.51. The maximum Gasteiger partial charge on any atom is 0.251 e. The van der Waals surface area contributed by atoms with Crippen LogP contribution < -0.4 is 11.1 Å². The molecule has 1 heterocycles. The van der Waals surface area contributed by atoms with E-state index < -0.39 is 0 Å². The standard InChI is InChI=1S/C22H29N3O/c1-17-3-2-12-25(15-17)16-20-6-4-19(5-7-20)14-24-22(26)21-10-8-18(13-23)9-11-21/h4-11,17H,2-3,12-16,23H2,1H3,(H,24,26). The molecule has 2 aromatic carbocycles. The van der Waals surface area contributed by atoms with Gasteiger partial charge in [0, 0.05) is 31.7 Å². The summed E-state index contributed by atoms with van der Waals surface area (Å²) < 4.78 is 0. The SMILES string of the molecule is CC1CCCN(Cc2ccc(CNC(=O)c3ccc(CN)cc3)cc2)C1. The van der Waals surface area contributed by atoms with E-state index in [0.29, 0.717) is 18.7 Å². The highest BCUT2D eigenvalue weighted by Crippen LogP contribution is 2.18. The molecule has 138 valence electrons. The Bertz CT molecular complexity index is 709. The molecule has 1 unspecified atom stereocenters. The third-order valence-electron chi connectivity index (χ3n) is 5.08. The van der Waals surface area contributed by atoms with Crippen molar-refractivity contribution >= 4 is 5.91 Å². The van der Waals surface area contributed by atoms with Gasteiger partial charge in [-0.25, -0.2) is 0 Å². The van der Waals surface area contributed by atoms with E-state index in [4.69, 9.17) is 5.73 Å². The van der Waals surface area contributed by atoms with Crippen LogP contribution in [0.4, 0.5) is 0 Å². The molecular weight excluding hydrogens is 322 g/mol. The van der Waals surface area contributed by atoms with Crippen molar-refractivity contribution in [1.82, 2.24) is 10.2 Å². The monoisotopic (exact) mass is 351 g/mol. The maximum atomic E-state index is 12.2. The van der Waals surface area contributed by atoms with Gasteiger partial charge in [0.05, 0.1) is 0 Å². The lowest BCUT2D eigenvalue weighted by atomic mass is 9.99. The van der Waals surface area contributed by atoms with Crippen molar-refractivity contribution in [3.05, 3.63) is 70.8 Å². The molecule has 0 radical (unpaired) electrons. The molecule has 0 saturated carbocycles. The van der Waals surface area contributed by atoms with Crippen molar-refractivity contribution in [3.63, 3.8) is 0 Å². The fourth-order valence-electron chi connectivity index (χ4n) is 3.53. The summed E-state index contributed by atoms with van der Waals surface area (Å²) in [5.41, 5.74) is 9.74. The highest BCUT2D eigenvalue weighted by atomic mass is 16.1. The lowest BCUT2D eigenvalue weighted by Crippen LogP contribution is -2.33. The van der Waals surface area contributed by atoms with Crippen LogP contribution in [0.25, 0.3) is 0 Å². The van der Waals surface area contributed by atoms with Gasteiger partial charge in [-0.15, -0.1) is 0 Å². The fourth-order valence-corrected chi connectivity index (χ4v) is 3.53. The molecule has 1 aliphatic rings. The minimum Gasteiger partial charge on any atom is -0.348 e. The van der Waals surface area contributed by atoms with Crippen LogP contribution in [0, 0.1) is 5.92 Å². The first-order valence-corrected chi connectivity index (χ1v) is 9.51. The molecule has 3 N–H and O–H groups in total. The van der Waals surface area contributed by atoms with Crippen LogP contribution in [0.3, 0.4) is 0 Å². The minimum absolute atomic E-state index is 0.0556. The van der Waals surface area contributed by atoms with Gasteiger partial charge in [-0.05, 0) is 54.1 Å². The lowest BCUT2D eigenvalue weighted by Gasteiger charge is -2.30. The second-order valence-corrected chi connectivity index (χ2v) is 7.38. The molecule has 1 amide bonds. The number of benzene rings is 2. The van der Waals surface area contributed by atoms with Gasteiger partial charge in [-0.1, -0.05) is 43.3 Å². The number of likely N-dealkylation sites (tertiary alicyclic amines) is 1. The van der Waals surface area contributed by atoms with Gasteiger partial charge in [0.1, 0.15) is 0 Å². The number of hydrogen-bond donors (Lipinski definition) is 2. The van der Waals surface area contributed by atoms with E-state index in [1.54, 1.807) is 0 Å². The average molecular weight is 351 g/mol. The van der Waals surface area contributed by atoms with Crippen molar-refractivity contribution in [3.8, 4) is 0 Å². The zero-order valence-corrected chi connectivity index (χ0v) is 15.6. The van der Waals surface area contributed by atoms with Gasteiger partial charge in [-0.2, -0.15) is 0 Å². The van der Waals surface area contributed by atoms with Gasteiger partial charge in [0.15, 0.2) is 0 Å². The van der Waals surface area contributed by atoms with Gasteiger partial charge < -0.3 is 11.1 Å². The van der Waals surface area contributed by atoms with Crippen LogP contribution in [0.15, 0.2) is 48.5 Å². The van der Waals surface area contributed by atoms with Crippen molar-refractivity contribution in [1.29, 1.82) is 0 Å². The molecule has 2 aromatic rings. The van der Waals surface area contributed by atoms with E-state index >= 15 is 0 Å². The Kier molecular flexibility index (Phi) is 6.42. The predicted octanol–water partition coefficient (Wildman–Crippen LogP) is 3.31. The van der Waals surface area contributed by atoms with Gasteiger partial charge in [0.2, 0.25) is 0 Å². The van der Waals surface area contributed by atoms with Gasteiger partial charge >= 0.3 is 0 Å². The number of rotatable bonds is 6. The Balaban J connectivity index is 1.49. The van der Waals surface area contributed by atoms with E-state index in [2.05, 4.69) is 41.4 Å². The average Bonchev–Trinajstić information content (AvgIpc) is 2.67. The van der Waals surface area contributed by atoms with Crippen molar-refractivity contribution in [2.24, 2.45) is 11.7 Å². The summed E-state index contributed by atoms with van der Waals surface area (Å²) in [6.07, 6.45) is 2.65. The van der Waals surface area contributed by atoms with Crippen molar-refractivity contribution < 1.29 is 4.79 Å². The molecular formula is C22H29N3O. The first-order chi connectivity index (χ1) is 12.6. The Hall–Kier alpha value is -2.17. The molecule has 1 saturated heterocycles. The Labute approximate surface area is 156 Å². The molecule has 4 nitrogen and oxygen atoms in total. The first kappa shape index (κ1) is 18.6. The van der Waals surface area contributed by atoms with Gasteiger partial charge in [-0.3, -0.25) is 9.69 Å². The third kappa shape index (κ3) is 5.16. The van der Waals surface area contributed by atoms with Crippen LogP contribution in [-0.4, -0.2) is 23.9 Å². The summed E-state index contributed by atoms with van der Waals surface area (Å²) in [4.78, 5) is 14.8. The summed E-state index contributed by atoms with van der Waals surface area (Å²) in [6.45, 7) is 6.78. The zero-order valence-electron chi connectivity index (χ0n) is 15.6. The van der Waals surface area contributed by atoms with E-state index in [1.807, 2.05) is 24.3 Å². The molecule has 1 fully saturated rings.